The minimum atomic E-state index is -1.96. The zero-order valence-corrected chi connectivity index (χ0v) is 17.0. The zero-order valence-electron chi connectivity index (χ0n) is 16.0. The van der Waals surface area contributed by atoms with Crippen molar-refractivity contribution in [3.05, 3.63) is 33.6 Å². The van der Waals surface area contributed by atoms with E-state index in [-0.39, 0.29) is 28.1 Å². The van der Waals surface area contributed by atoms with Crippen LogP contribution in [0.25, 0.3) is 0 Å². The van der Waals surface area contributed by atoms with Crippen LogP contribution in [0.4, 0.5) is 15.8 Å². The molecule has 0 N–H and O–H groups in total. The molecular weight excluding hydrogens is 355 g/mol. The number of hydrogen-bond acceptors (Lipinski definition) is 5. The van der Waals surface area contributed by atoms with Crippen molar-refractivity contribution in [2.24, 2.45) is 0 Å². The molecule has 1 aliphatic rings. The van der Waals surface area contributed by atoms with Gasteiger partial charge in [0.2, 0.25) is 0 Å². The van der Waals surface area contributed by atoms with Crippen molar-refractivity contribution in [3.63, 3.8) is 0 Å². The maximum atomic E-state index is 14.1. The van der Waals surface area contributed by atoms with Crippen molar-refractivity contribution >= 4 is 26.0 Å². The lowest BCUT2D eigenvalue weighted by Crippen LogP contribution is -2.49. The van der Waals surface area contributed by atoms with Gasteiger partial charge in [-0.3, -0.25) is 14.9 Å². The standard InChI is InChI=1S/C18H27FN2O4Si/c1-18(2,3)26(4,5)25-14-7-6-8-20(11-14)16-10-15(19)13(12-22)9-17(16)21(23)24/h9-10,12,14H,6-8,11H2,1-5H3. The van der Waals surface area contributed by atoms with Crippen LogP contribution in [0.5, 0.6) is 0 Å². The highest BCUT2D eigenvalue weighted by atomic mass is 28.4. The molecule has 0 radical (unpaired) electrons. The van der Waals surface area contributed by atoms with Gasteiger partial charge >= 0.3 is 0 Å². The first-order chi connectivity index (χ1) is 12.0. The fourth-order valence-corrected chi connectivity index (χ4v) is 4.28. The lowest BCUT2D eigenvalue weighted by Gasteiger charge is -2.42. The van der Waals surface area contributed by atoms with Crippen LogP contribution in [0.2, 0.25) is 18.1 Å². The van der Waals surface area contributed by atoms with E-state index in [1.54, 1.807) is 4.90 Å². The second kappa shape index (κ2) is 7.44. The number of hydrogen-bond donors (Lipinski definition) is 0. The van der Waals surface area contributed by atoms with Crippen LogP contribution in [-0.4, -0.2) is 38.7 Å². The highest BCUT2D eigenvalue weighted by Gasteiger charge is 2.40. The smallest absolute Gasteiger partial charge is 0.293 e. The van der Waals surface area contributed by atoms with E-state index in [9.17, 15) is 19.3 Å². The van der Waals surface area contributed by atoms with Gasteiger partial charge in [0.1, 0.15) is 11.5 Å². The van der Waals surface area contributed by atoms with Gasteiger partial charge in [0, 0.05) is 25.2 Å². The van der Waals surface area contributed by atoms with Crippen molar-refractivity contribution in [3.8, 4) is 0 Å². The van der Waals surface area contributed by atoms with Crippen molar-refractivity contribution < 1.29 is 18.5 Å². The Morgan fingerprint density at radius 1 is 1.38 bits per heavy atom. The van der Waals surface area contributed by atoms with Gasteiger partial charge in [-0.15, -0.1) is 0 Å². The van der Waals surface area contributed by atoms with Crippen molar-refractivity contribution in [2.75, 3.05) is 18.0 Å². The molecule has 0 amide bonds. The van der Waals surface area contributed by atoms with Crippen LogP contribution in [0.3, 0.4) is 0 Å². The molecule has 26 heavy (non-hydrogen) atoms. The minimum Gasteiger partial charge on any atom is -0.412 e. The molecule has 0 aliphatic carbocycles. The van der Waals surface area contributed by atoms with Crippen LogP contribution in [0, 0.1) is 15.9 Å². The van der Waals surface area contributed by atoms with Crippen LogP contribution in [-0.2, 0) is 4.43 Å². The molecule has 144 valence electrons. The summed E-state index contributed by atoms with van der Waals surface area (Å²) >= 11 is 0. The number of rotatable bonds is 5. The van der Waals surface area contributed by atoms with Gasteiger partial charge < -0.3 is 9.33 Å². The monoisotopic (exact) mass is 382 g/mol. The van der Waals surface area contributed by atoms with Gasteiger partial charge in [-0.05, 0) is 31.0 Å². The van der Waals surface area contributed by atoms with Crippen LogP contribution >= 0.6 is 0 Å². The molecule has 1 unspecified atom stereocenters. The second-order valence-corrected chi connectivity index (χ2v) is 13.1. The third kappa shape index (κ3) is 4.29. The SMILES string of the molecule is CC(C)(C)[Si](C)(C)OC1CCCN(c2cc(F)c(C=O)cc2[N+](=O)[O-])C1. The molecule has 0 bridgehead atoms. The maximum absolute atomic E-state index is 14.1. The van der Waals surface area contributed by atoms with Gasteiger partial charge in [0.05, 0.1) is 16.6 Å². The fourth-order valence-electron chi connectivity index (χ4n) is 2.90. The molecule has 1 fully saturated rings. The number of nitro benzene ring substituents is 1. The summed E-state index contributed by atoms with van der Waals surface area (Å²) in [5.74, 6) is -0.743. The highest BCUT2D eigenvalue weighted by molar-refractivity contribution is 6.74. The number of anilines is 1. The van der Waals surface area contributed by atoms with Gasteiger partial charge in [0.15, 0.2) is 14.6 Å². The first-order valence-corrected chi connectivity index (χ1v) is 11.7. The van der Waals surface area contributed by atoms with Gasteiger partial charge in [-0.25, -0.2) is 4.39 Å². The molecule has 1 aromatic rings. The van der Waals surface area contributed by atoms with E-state index < -0.39 is 19.1 Å². The summed E-state index contributed by atoms with van der Waals surface area (Å²) in [6.45, 7) is 11.9. The third-order valence-corrected chi connectivity index (χ3v) is 9.94. The van der Waals surface area contributed by atoms with E-state index in [0.29, 0.717) is 19.4 Å². The van der Waals surface area contributed by atoms with Crippen molar-refractivity contribution in [2.45, 2.75) is 57.8 Å². The van der Waals surface area contributed by atoms with E-state index in [2.05, 4.69) is 33.9 Å². The summed E-state index contributed by atoms with van der Waals surface area (Å²) in [4.78, 5) is 23.5. The molecule has 0 saturated carbocycles. The molecule has 6 nitrogen and oxygen atoms in total. The highest BCUT2D eigenvalue weighted by Crippen LogP contribution is 2.39. The van der Waals surface area contributed by atoms with E-state index in [1.165, 1.54) is 0 Å². The molecule has 1 aliphatic heterocycles. The summed E-state index contributed by atoms with van der Waals surface area (Å²) in [5, 5.41) is 11.5. The number of carbonyl (C=O) groups excluding carboxylic acids is 1. The Bertz CT molecular complexity index is 703. The fraction of sp³-hybridized carbons (Fsp3) is 0.611. The Morgan fingerprint density at radius 2 is 2.04 bits per heavy atom. The Hall–Kier alpha value is -1.80. The lowest BCUT2D eigenvalue weighted by atomic mass is 10.1. The number of benzene rings is 1. The summed E-state index contributed by atoms with van der Waals surface area (Å²) in [5.41, 5.74) is -0.338. The average molecular weight is 383 g/mol. The van der Waals surface area contributed by atoms with E-state index in [4.69, 9.17) is 4.43 Å². The van der Waals surface area contributed by atoms with Gasteiger partial charge in [0.25, 0.3) is 5.69 Å². The predicted octanol–water partition coefficient (Wildman–Crippen LogP) is 4.54. The Labute approximate surface area is 154 Å². The first kappa shape index (κ1) is 20.5. The largest absolute Gasteiger partial charge is 0.412 e. The number of halogens is 1. The molecule has 0 aromatic heterocycles. The van der Waals surface area contributed by atoms with Crippen molar-refractivity contribution in [1.82, 2.24) is 0 Å². The van der Waals surface area contributed by atoms with E-state index >= 15 is 0 Å². The van der Waals surface area contributed by atoms with E-state index in [1.807, 2.05) is 0 Å². The number of carbonyl (C=O) groups is 1. The summed E-state index contributed by atoms with van der Waals surface area (Å²) in [7, 11) is -1.96. The van der Waals surface area contributed by atoms with Crippen LogP contribution in [0.15, 0.2) is 12.1 Å². The number of piperidine rings is 1. The molecule has 1 saturated heterocycles. The molecule has 0 spiro atoms. The predicted molar refractivity (Wildman–Crippen MR) is 102 cm³/mol. The Morgan fingerprint density at radius 3 is 2.58 bits per heavy atom. The average Bonchev–Trinajstić information content (AvgIpc) is 2.53. The van der Waals surface area contributed by atoms with Crippen molar-refractivity contribution in [1.29, 1.82) is 0 Å². The normalized spacial score (nSPS) is 18.7. The zero-order chi connectivity index (χ0) is 19.7. The molecular formula is C18H27FN2O4Si. The quantitative estimate of drug-likeness (QED) is 0.324. The minimum absolute atomic E-state index is 0.0435. The summed E-state index contributed by atoms with van der Waals surface area (Å²) < 4.78 is 20.5. The Kier molecular flexibility index (Phi) is 5.87. The molecule has 1 heterocycles. The van der Waals surface area contributed by atoms with Gasteiger partial charge in [-0.1, -0.05) is 20.8 Å². The second-order valence-electron chi connectivity index (χ2n) is 8.33. The number of nitro groups is 1. The molecule has 2 rings (SSSR count). The Balaban J connectivity index is 2.28. The maximum Gasteiger partial charge on any atom is 0.293 e. The van der Waals surface area contributed by atoms with E-state index in [0.717, 1.165) is 25.0 Å². The number of aldehydes is 1. The molecule has 8 heteroatoms. The number of nitrogens with zero attached hydrogens (tertiary/aromatic N) is 2. The third-order valence-electron chi connectivity index (χ3n) is 5.40. The summed E-state index contributed by atoms with van der Waals surface area (Å²) in [6.07, 6.45) is 1.95. The first-order valence-electron chi connectivity index (χ1n) is 8.82. The molecule has 1 aromatic carbocycles. The van der Waals surface area contributed by atoms with Crippen LogP contribution < -0.4 is 4.90 Å². The van der Waals surface area contributed by atoms with Crippen LogP contribution in [0.1, 0.15) is 44.0 Å². The lowest BCUT2D eigenvalue weighted by molar-refractivity contribution is -0.384. The molecule has 1 atom stereocenters. The van der Waals surface area contributed by atoms with Gasteiger partial charge in [-0.2, -0.15) is 0 Å². The topological polar surface area (TPSA) is 72.7 Å². The summed E-state index contributed by atoms with van der Waals surface area (Å²) in [6, 6.07) is 2.10.